The average Bonchev–Trinajstić information content (AvgIpc) is 3.19. The van der Waals surface area contributed by atoms with Crippen molar-refractivity contribution in [1.82, 2.24) is 20.3 Å². The van der Waals surface area contributed by atoms with Gasteiger partial charge in [0.25, 0.3) is 0 Å². The Labute approximate surface area is 181 Å². The third-order valence-corrected chi connectivity index (χ3v) is 5.06. The van der Waals surface area contributed by atoms with E-state index in [1.165, 1.54) is 0 Å². The minimum absolute atomic E-state index is 0.587. The lowest BCUT2D eigenvalue weighted by Gasteiger charge is -2.09. The highest BCUT2D eigenvalue weighted by atomic mass is 35.5. The van der Waals surface area contributed by atoms with Crippen LogP contribution < -0.4 is 10.1 Å². The van der Waals surface area contributed by atoms with Crippen LogP contribution in [-0.4, -0.2) is 22.1 Å². The molecular weight excluding hydrogens is 396 g/mol. The molecule has 3 aromatic carbocycles. The summed E-state index contributed by atoms with van der Waals surface area (Å²) < 4.78 is 5.44. The molecule has 1 aromatic heterocycles. The Hall–Kier alpha value is -3.15. The van der Waals surface area contributed by atoms with Crippen LogP contribution in [0.15, 0.2) is 78.9 Å². The topological polar surface area (TPSA) is 52.0 Å². The number of nitrogens with one attached hydrogen (secondary N) is 1. The Morgan fingerprint density at radius 2 is 1.60 bits per heavy atom. The lowest BCUT2D eigenvalue weighted by atomic mass is 10.1. The van der Waals surface area contributed by atoms with Crippen molar-refractivity contribution in [3.63, 3.8) is 0 Å². The van der Waals surface area contributed by atoms with Gasteiger partial charge in [-0.05, 0) is 23.8 Å². The quantitative estimate of drug-likeness (QED) is 0.440. The van der Waals surface area contributed by atoms with E-state index in [0.29, 0.717) is 19.6 Å². The van der Waals surface area contributed by atoms with Gasteiger partial charge in [-0.15, -0.1) is 0 Å². The molecule has 0 aliphatic heterocycles. The molecule has 0 fully saturated rings. The summed E-state index contributed by atoms with van der Waals surface area (Å²) in [4.78, 5) is 1.74. The normalized spacial score (nSPS) is 10.9. The van der Waals surface area contributed by atoms with Crippen LogP contribution in [0.2, 0.25) is 5.02 Å². The number of nitrogens with zero attached hydrogens (tertiary/aromatic N) is 3. The molecule has 5 nitrogen and oxygen atoms in total. The van der Waals surface area contributed by atoms with E-state index in [4.69, 9.17) is 26.5 Å². The Balaban J connectivity index is 1.54. The maximum Gasteiger partial charge on any atom is 0.123 e. The molecule has 4 aromatic rings. The standard InChI is InChI=1S/C24H23ClN4O/c1-30-23-10-6-5-9-20(23)15-26-16-22-24(19-7-3-2-4-8-19)28-29(27-22)17-18-11-13-21(25)14-12-18/h2-14,26H,15-17H2,1H3. The summed E-state index contributed by atoms with van der Waals surface area (Å²) in [6, 6.07) is 25.9. The Morgan fingerprint density at radius 3 is 2.37 bits per heavy atom. The van der Waals surface area contributed by atoms with Gasteiger partial charge in [-0.2, -0.15) is 15.0 Å². The van der Waals surface area contributed by atoms with E-state index in [1.807, 2.05) is 60.7 Å². The van der Waals surface area contributed by atoms with Crippen LogP contribution in [0.1, 0.15) is 16.8 Å². The summed E-state index contributed by atoms with van der Waals surface area (Å²) in [5.41, 5.74) is 5.05. The number of benzene rings is 3. The summed E-state index contributed by atoms with van der Waals surface area (Å²) in [5.74, 6) is 0.875. The number of ether oxygens (including phenoxy) is 1. The summed E-state index contributed by atoms with van der Waals surface area (Å²) in [7, 11) is 1.69. The molecule has 152 valence electrons. The van der Waals surface area contributed by atoms with Gasteiger partial charge in [0, 0.05) is 29.2 Å². The summed E-state index contributed by atoms with van der Waals surface area (Å²) in [6.45, 7) is 1.87. The van der Waals surface area contributed by atoms with Crippen LogP contribution >= 0.6 is 11.6 Å². The fourth-order valence-electron chi connectivity index (χ4n) is 3.31. The number of halogens is 1. The van der Waals surface area contributed by atoms with Gasteiger partial charge in [0.2, 0.25) is 0 Å². The SMILES string of the molecule is COc1ccccc1CNCc1nn(Cc2ccc(Cl)cc2)nc1-c1ccccc1. The molecular formula is C24H23ClN4O. The first-order chi connectivity index (χ1) is 14.7. The smallest absolute Gasteiger partial charge is 0.123 e. The van der Waals surface area contributed by atoms with Crippen LogP contribution in [0, 0.1) is 0 Å². The van der Waals surface area contributed by atoms with E-state index in [9.17, 15) is 0 Å². The largest absolute Gasteiger partial charge is 0.496 e. The van der Waals surface area contributed by atoms with Crippen molar-refractivity contribution in [1.29, 1.82) is 0 Å². The third-order valence-electron chi connectivity index (χ3n) is 4.81. The van der Waals surface area contributed by atoms with Crippen molar-refractivity contribution in [3.8, 4) is 17.0 Å². The van der Waals surface area contributed by atoms with Crippen molar-refractivity contribution in [2.45, 2.75) is 19.6 Å². The lowest BCUT2D eigenvalue weighted by molar-refractivity contribution is 0.407. The van der Waals surface area contributed by atoms with Crippen molar-refractivity contribution in [2.75, 3.05) is 7.11 Å². The highest BCUT2D eigenvalue weighted by molar-refractivity contribution is 6.30. The van der Waals surface area contributed by atoms with Gasteiger partial charge in [0.1, 0.15) is 17.1 Å². The zero-order valence-corrected chi connectivity index (χ0v) is 17.5. The molecule has 0 saturated heterocycles. The van der Waals surface area contributed by atoms with Crippen molar-refractivity contribution in [3.05, 3.63) is 101 Å². The molecule has 0 bridgehead atoms. The fraction of sp³-hybridized carbons (Fsp3) is 0.167. The van der Waals surface area contributed by atoms with E-state index in [0.717, 1.165) is 38.9 Å². The molecule has 0 saturated carbocycles. The molecule has 0 aliphatic rings. The minimum Gasteiger partial charge on any atom is -0.496 e. The first-order valence-electron chi connectivity index (χ1n) is 9.79. The first-order valence-corrected chi connectivity index (χ1v) is 10.2. The van der Waals surface area contributed by atoms with Gasteiger partial charge in [0.05, 0.1) is 13.7 Å². The van der Waals surface area contributed by atoms with Crippen LogP contribution in [0.5, 0.6) is 5.75 Å². The third kappa shape index (κ3) is 4.87. The summed E-state index contributed by atoms with van der Waals surface area (Å²) in [5, 5.41) is 13.7. The van der Waals surface area contributed by atoms with Crippen molar-refractivity contribution < 1.29 is 4.74 Å². The van der Waals surface area contributed by atoms with E-state index in [-0.39, 0.29) is 0 Å². The Morgan fingerprint density at radius 1 is 0.867 bits per heavy atom. The zero-order valence-electron chi connectivity index (χ0n) is 16.8. The molecule has 0 unspecified atom stereocenters. The number of aromatic nitrogens is 3. The maximum atomic E-state index is 6.00. The number of hydrogen-bond donors (Lipinski definition) is 1. The second-order valence-corrected chi connectivity index (χ2v) is 7.37. The molecule has 30 heavy (non-hydrogen) atoms. The molecule has 0 amide bonds. The van der Waals surface area contributed by atoms with Crippen molar-refractivity contribution in [2.24, 2.45) is 0 Å². The van der Waals surface area contributed by atoms with Crippen molar-refractivity contribution >= 4 is 11.6 Å². The number of hydrogen-bond acceptors (Lipinski definition) is 4. The highest BCUT2D eigenvalue weighted by Crippen LogP contribution is 2.21. The monoisotopic (exact) mass is 418 g/mol. The first kappa shape index (κ1) is 20.1. The Kier molecular flexibility index (Phi) is 6.42. The molecule has 1 N–H and O–H groups in total. The second-order valence-electron chi connectivity index (χ2n) is 6.93. The van der Waals surface area contributed by atoms with Crippen LogP contribution in [0.3, 0.4) is 0 Å². The minimum atomic E-state index is 0.587. The van der Waals surface area contributed by atoms with Gasteiger partial charge in [0.15, 0.2) is 0 Å². The predicted octanol–water partition coefficient (Wildman–Crippen LogP) is 4.95. The fourth-order valence-corrected chi connectivity index (χ4v) is 3.44. The number of rotatable bonds is 8. The zero-order chi connectivity index (χ0) is 20.8. The second kappa shape index (κ2) is 9.57. The van der Waals surface area contributed by atoms with Gasteiger partial charge >= 0.3 is 0 Å². The lowest BCUT2D eigenvalue weighted by Crippen LogP contribution is -2.14. The summed E-state index contributed by atoms with van der Waals surface area (Å²) in [6.07, 6.45) is 0. The molecule has 1 heterocycles. The molecule has 0 aliphatic carbocycles. The Bertz CT molecular complexity index is 1090. The number of para-hydroxylation sites is 1. The van der Waals surface area contributed by atoms with E-state index in [1.54, 1.807) is 11.9 Å². The molecule has 0 radical (unpaired) electrons. The van der Waals surface area contributed by atoms with E-state index >= 15 is 0 Å². The van der Waals surface area contributed by atoms with E-state index in [2.05, 4.69) is 23.5 Å². The van der Waals surface area contributed by atoms with Crippen LogP contribution in [0.4, 0.5) is 0 Å². The maximum absolute atomic E-state index is 6.00. The van der Waals surface area contributed by atoms with Gasteiger partial charge in [-0.25, -0.2) is 0 Å². The average molecular weight is 419 g/mol. The molecule has 6 heteroatoms. The molecule has 4 rings (SSSR count). The van der Waals surface area contributed by atoms with Gasteiger partial charge in [-0.3, -0.25) is 0 Å². The molecule has 0 atom stereocenters. The van der Waals surface area contributed by atoms with Gasteiger partial charge < -0.3 is 10.1 Å². The van der Waals surface area contributed by atoms with E-state index < -0.39 is 0 Å². The number of methoxy groups -OCH3 is 1. The van der Waals surface area contributed by atoms with Crippen LogP contribution in [0.25, 0.3) is 11.3 Å². The van der Waals surface area contributed by atoms with Crippen LogP contribution in [-0.2, 0) is 19.6 Å². The summed E-state index contributed by atoms with van der Waals surface area (Å²) >= 11 is 6.00. The predicted molar refractivity (Wildman–Crippen MR) is 120 cm³/mol. The van der Waals surface area contributed by atoms with Gasteiger partial charge in [-0.1, -0.05) is 72.3 Å². The highest BCUT2D eigenvalue weighted by Gasteiger charge is 2.13. The molecule has 0 spiro atoms.